The van der Waals surface area contributed by atoms with Gasteiger partial charge in [-0.1, -0.05) is 5.16 Å². The number of likely N-dealkylation sites (tertiary alicyclic amines) is 1. The van der Waals surface area contributed by atoms with Crippen LogP contribution in [0.1, 0.15) is 23.7 Å². The van der Waals surface area contributed by atoms with Crippen molar-refractivity contribution in [3.05, 3.63) is 53.9 Å². The number of hydrogen-bond acceptors (Lipinski definition) is 7. The van der Waals surface area contributed by atoms with Gasteiger partial charge in [0.1, 0.15) is 11.5 Å². The highest BCUT2D eigenvalue weighted by molar-refractivity contribution is 5.79. The van der Waals surface area contributed by atoms with Gasteiger partial charge in [-0.3, -0.25) is 4.79 Å². The van der Waals surface area contributed by atoms with E-state index in [1.807, 2.05) is 61.5 Å². The smallest absolute Gasteiger partial charge is 0.257 e. The molecule has 1 saturated heterocycles. The summed E-state index contributed by atoms with van der Waals surface area (Å²) in [5.74, 6) is 2.40. The topological polar surface area (TPSA) is 80.9 Å². The molecule has 0 saturated carbocycles. The van der Waals surface area contributed by atoms with Crippen molar-refractivity contribution in [1.82, 2.24) is 15.0 Å². The number of carbonyl (C=O) groups excluding carboxylic acids is 1. The Morgan fingerprint density at radius 3 is 2.58 bits per heavy atom. The van der Waals surface area contributed by atoms with Crippen LogP contribution < -0.4 is 14.4 Å². The van der Waals surface area contributed by atoms with Crippen molar-refractivity contribution in [2.75, 3.05) is 39.8 Å². The van der Waals surface area contributed by atoms with Gasteiger partial charge in [-0.2, -0.15) is 4.98 Å². The zero-order valence-electron chi connectivity index (χ0n) is 18.2. The predicted molar refractivity (Wildman–Crippen MR) is 116 cm³/mol. The van der Waals surface area contributed by atoms with Crippen molar-refractivity contribution in [2.24, 2.45) is 0 Å². The molecule has 1 aromatic heterocycles. The lowest BCUT2D eigenvalue weighted by molar-refractivity contribution is -0.128. The van der Waals surface area contributed by atoms with Crippen molar-refractivity contribution >= 4 is 11.6 Å². The highest BCUT2D eigenvalue weighted by atomic mass is 16.5. The molecule has 1 fully saturated rings. The number of benzene rings is 2. The molecule has 0 radical (unpaired) electrons. The van der Waals surface area contributed by atoms with Crippen molar-refractivity contribution in [2.45, 2.75) is 18.9 Å². The molecular weight excluding hydrogens is 396 g/mol. The minimum atomic E-state index is -0.109. The summed E-state index contributed by atoms with van der Waals surface area (Å²) in [7, 11) is 7.21. The third kappa shape index (κ3) is 4.33. The van der Waals surface area contributed by atoms with E-state index in [4.69, 9.17) is 14.0 Å². The van der Waals surface area contributed by atoms with Crippen LogP contribution in [0.4, 0.5) is 5.69 Å². The second-order valence-electron chi connectivity index (χ2n) is 7.75. The number of rotatable bonds is 7. The number of aromatic nitrogens is 2. The fourth-order valence-corrected chi connectivity index (χ4v) is 3.73. The van der Waals surface area contributed by atoms with Gasteiger partial charge in [-0.25, -0.2) is 0 Å². The Morgan fingerprint density at radius 2 is 1.90 bits per heavy atom. The monoisotopic (exact) mass is 422 g/mol. The first-order chi connectivity index (χ1) is 15.0. The average molecular weight is 422 g/mol. The summed E-state index contributed by atoms with van der Waals surface area (Å²) >= 11 is 0. The summed E-state index contributed by atoms with van der Waals surface area (Å²) in [6, 6.07) is 13.5. The number of methoxy groups -OCH3 is 2. The molecule has 1 aliphatic rings. The standard InChI is InChI=1S/C23H26N4O4/c1-26(2)18-7-5-15(6-8-18)23-24-22(25-31-23)17-12-21(28)27(14-17)13-16-11-19(29-3)9-10-20(16)30-4/h5-11,17H,12-14H2,1-4H3. The summed E-state index contributed by atoms with van der Waals surface area (Å²) in [4.78, 5) is 21.0. The Kier molecular flexibility index (Phi) is 5.79. The summed E-state index contributed by atoms with van der Waals surface area (Å²) in [6.45, 7) is 0.962. The number of ether oxygens (including phenoxy) is 2. The van der Waals surface area contributed by atoms with Gasteiger partial charge in [0.05, 0.1) is 14.2 Å². The molecule has 1 aliphatic heterocycles. The second-order valence-corrected chi connectivity index (χ2v) is 7.75. The Morgan fingerprint density at radius 1 is 1.13 bits per heavy atom. The lowest BCUT2D eigenvalue weighted by atomic mass is 10.1. The minimum absolute atomic E-state index is 0.0524. The van der Waals surface area contributed by atoms with Crippen LogP contribution in [0, 0.1) is 0 Å². The maximum Gasteiger partial charge on any atom is 0.257 e. The fraction of sp³-hybridized carbons (Fsp3) is 0.348. The highest BCUT2D eigenvalue weighted by Gasteiger charge is 2.34. The number of anilines is 1. The molecule has 0 spiro atoms. The molecule has 2 aromatic carbocycles. The average Bonchev–Trinajstić information content (AvgIpc) is 3.41. The lowest BCUT2D eigenvalue weighted by Crippen LogP contribution is -2.24. The van der Waals surface area contributed by atoms with Crippen LogP contribution in [-0.2, 0) is 11.3 Å². The van der Waals surface area contributed by atoms with Crippen LogP contribution in [0.2, 0.25) is 0 Å². The van der Waals surface area contributed by atoms with Crippen LogP contribution in [0.3, 0.4) is 0 Å². The second kappa shape index (κ2) is 8.67. The predicted octanol–water partition coefficient (Wildman–Crippen LogP) is 3.34. The number of hydrogen-bond donors (Lipinski definition) is 0. The molecule has 8 heteroatoms. The molecule has 1 unspecified atom stereocenters. The van der Waals surface area contributed by atoms with Gasteiger partial charge in [0.25, 0.3) is 5.89 Å². The normalized spacial score (nSPS) is 15.9. The Hall–Kier alpha value is -3.55. The summed E-state index contributed by atoms with van der Waals surface area (Å²) in [5, 5.41) is 4.15. The molecule has 0 N–H and O–H groups in total. The maximum absolute atomic E-state index is 12.7. The van der Waals surface area contributed by atoms with Crippen molar-refractivity contribution in [1.29, 1.82) is 0 Å². The summed E-state index contributed by atoms with van der Waals surface area (Å²) in [6.07, 6.45) is 0.352. The van der Waals surface area contributed by atoms with Gasteiger partial charge in [-0.05, 0) is 42.5 Å². The fourth-order valence-electron chi connectivity index (χ4n) is 3.73. The van der Waals surface area contributed by atoms with E-state index in [9.17, 15) is 4.79 Å². The van der Waals surface area contributed by atoms with Gasteiger partial charge < -0.3 is 23.8 Å². The van der Waals surface area contributed by atoms with Crippen molar-refractivity contribution < 1.29 is 18.8 Å². The molecule has 31 heavy (non-hydrogen) atoms. The lowest BCUT2D eigenvalue weighted by Gasteiger charge is -2.18. The molecule has 3 aromatic rings. The summed E-state index contributed by atoms with van der Waals surface area (Å²) < 4.78 is 16.2. The van der Waals surface area contributed by atoms with E-state index in [0.717, 1.165) is 28.3 Å². The Labute approximate surface area is 181 Å². The first kappa shape index (κ1) is 20.7. The van der Waals surface area contributed by atoms with Gasteiger partial charge in [0.15, 0.2) is 5.82 Å². The van der Waals surface area contributed by atoms with Crippen LogP contribution in [-0.4, -0.2) is 55.8 Å². The Bertz CT molecular complexity index is 1060. The zero-order valence-corrected chi connectivity index (χ0v) is 18.2. The van der Waals surface area contributed by atoms with E-state index in [2.05, 4.69) is 10.1 Å². The van der Waals surface area contributed by atoms with Gasteiger partial charge >= 0.3 is 0 Å². The first-order valence-electron chi connectivity index (χ1n) is 10.1. The molecule has 0 bridgehead atoms. The van der Waals surface area contributed by atoms with Crippen LogP contribution in [0.25, 0.3) is 11.5 Å². The number of carbonyl (C=O) groups is 1. The molecule has 2 heterocycles. The van der Waals surface area contributed by atoms with E-state index < -0.39 is 0 Å². The van der Waals surface area contributed by atoms with Crippen LogP contribution in [0.5, 0.6) is 11.5 Å². The molecule has 162 valence electrons. The third-order valence-electron chi connectivity index (χ3n) is 5.50. The largest absolute Gasteiger partial charge is 0.497 e. The van der Waals surface area contributed by atoms with E-state index in [1.165, 1.54) is 0 Å². The third-order valence-corrected chi connectivity index (χ3v) is 5.50. The molecule has 0 aliphatic carbocycles. The van der Waals surface area contributed by atoms with Gasteiger partial charge in [0, 0.05) is 56.3 Å². The van der Waals surface area contributed by atoms with Gasteiger partial charge in [0.2, 0.25) is 5.91 Å². The van der Waals surface area contributed by atoms with E-state index in [1.54, 1.807) is 19.1 Å². The van der Waals surface area contributed by atoms with Crippen LogP contribution in [0.15, 0.2) is 47.0 Å². The Balaban J connectivity index is 1.48. The molecule has 1 amide bonds. The van der Waals surface area contributed by atoms with E-state index in [0.29, 0.717) is 31.2 Å². The van der Waals surface area contributed by atoms with Crippen molar-refractivity contribution in [3.8, 4) is 23.0 Å². The minimum Gasteiger partial charge on any atom is -0.497 e. The molecular formula is C23H26N4O4. The molecule has 8 nitrogen and oxygen atoms in total. The van der Waals surface area contributed by atoms with Crippen LogP contribution >= 0.6 is 0 Å². The SMILES string of the molecule is COc1ccc(OC)c(CN2CC(c3noc(-c4ccc(N(C)C)cc4)n3)CC2=O)c1. The maximum atomic E-state index is 12.7. The van der Waals surface area contributed by atoms with E-state index in [-0.39, 0.29) is 11.8 Å². The molecule has 4 rings (SSSR count). The highest BCUT2D eigenvalue weighted by Crippen LogP contribution is 2.32. The summed E-state index contributed by atoms with van der Waals surface area (Å²) in [5.41, 5.74) is 2.84. The quantitative estimate of drug-likeness (QED) is 0.578. The first-order valence-corrected chi connectivity index (χ1v) is 10.1. The van der Waals surface area contributed by atoms with Crippen molar-refractivity contribution in [3.63, 3.8) is 0 Å². The number of nitrogens with zero attached hydrogens (tertiary/aromatic N) is 4. The molecule has 1 atom stereocenters. The zero-order chi connectivity index (χ0) is 22.0. The van der Waals surface area contributed by atoms with Gasteiger partial charge in [-0.15, -0.1) is 0 Å². The van der Waals surface area contributed by atoms with E-state index >= 15 is 0 Å². The number of amides is 1.